The Morgan fingerprint density at radius 2 is 1.87 bits per heavy atom. The lowest BCUT2D eigenvalue weighted by Gasteiger charge is -2.13. The van der Waals surface area contributed by atoms with Crippen molar-refractivity contribution in [3.63, 3.8) is 0 Å². The first-order valence-corrected chi connectivity index (χ1v) is 8.64. The van der Waals surface area contributed by atoms with Crippen LogP contribution >= 0.6 is 0 Å². The molecule has 2 aromatic rings. The molecule has 23 heavy (non-hydrogen) atoms. The average Bonchev–Trinajstić information content (AvgIpc) is 2.88. The van der Waals surface area contributed by atoms with Gasteiger partial charge in [0.1, 0.15) is 4.90 Å². The number of sulfonamides is 1. The van der Waals surface area contributed by atoms with Crippen LogP contribution in [0.15, 0.2) is 41.4 Å². The molecule has 1 heterocycles. The van der Waals surface area contributed by atoms with E-state index in [-0.39, 0.29) is 16.6 Å². The third kappa shape index (κ3) is 3.11. The standard InChI is InChI=1S/C16H16N2O4S/c1-10-6-14(9-17-15(10)16(19)20)23(21,22)18-13-7-11-4-2-3-5-12(11)8-13/h2-6,9,13,18H,7-8H2,1H3,(H,19,20). The fourth-order valence-corrected chi connectivity index (χ4v) is 4.11. The van der Waals surface area contributed by atoms with Gasteiger partial charge in [0.25, 0.3) is 0 Å². The number of nitrogens with one attached hydrogen (secondary N) is 1. The number of fused-ring (bicyclic) bond motifs is 1. The predicted molar refractivity (Wildman–Crippen MR) is 83.9 cm³/mol. The van der Waals surface area contributed by atoms with Crippen LogP contribution in [-0.2, 0) is 22.9 Å². The number of aromatic carboxylic acids is 1. The van der Waals surface area contributed by atoms with Gasteiger partial charge in [-0.25, -0.2) is 22.9 Å². The molecule has 120 valence electrons. The van der Waals surface area contributed by atoms with Gasteiger partial charge >= 0.3 is 5.97 Å². The zero-order valence-corrected chi connectivity index (χ0v) is 13.3. The Morgan fingerprint density at radius 1 is 1.26 bits per heavy atom. The van der Waals surface area contributed by atoms with Crippen molar-refractivity contribution in [1.82, 2.24) is 9.71 Å². The molecule has 1 aromatic carbocycles. The smallest absolute Gasteiger partial charge is 0.354 e. The summed E-state index contributed by atoms with van der Waals surface area (Å²) in [6.45, 7) is 1.53. The number of carbonyl (C=O) groups is 1. The number of carboxylic acids is 1. The van der Waals surface area contributed by atoms with Crippen molar-refractivity contribution in [2.75, 3.05) is 0 Å². The van der Waals surface area contributed by atoms with E-state index in [0.717, 1.165) is 17.3 Å². The lowest BCUT2D eigenvalue weighted by Crippen LogP contribution is -2.35. The molecule has 0 amide bonds. The predicted octanol–water partition coefficient (Wildman–Crippen LogP) is 1.53. The molecule has 0 saturated heterocycles. The summed E-state index contributed by atoms with van der Waals surface area (Å²) in [4.78, 5) is 14.7. The molecule has 6 nitrogen and oxygen atoms in total. The van der Waals surface area contributed by atoms with Gasteiger partial charge in [0.05, 0.1) is 0 Å². The maximum Gasteiger partial charge on any atom is 0.354 e. The molecule has 0 atom stereocenters. The fraction of sp³-hybridized carbons (Fsp3) is 0.250. The van der Waals surface area contributed by atoms with Crippen molar-refractivity contribution in [3.05, 3.63) is 58.9 Å². The zero-order chi connectivity index (χ0) is 16.6. The van der Waals surface area contributed by atoms with Gasteiger partial charge in [-0.1, -0.05) is 24.3 Å². The highest BCUT2D eigenvalue weighted by atomic mass is 32.2. The number of nitrogens with zero attached hydrogens (tertiary/aromatic N) is 1. The molecule has 7 heteroatoms. The van der Waals surface area contributed by atoms with Gasteiger partial charge in [0, 0.05) is 12.2 Å². The molecular weight excluding hydrogens is 316 g/mol. The first-order valence-electron chi connectivity index (χ1n) is 7.16. The molecule has 2 N–H and O–H groups in total. The number of rotatable bonds is 4. The molecule has 0 fully saturated rings. The van der Waals surface area contributed by atoms with Gasteiger partial charge in [0.2, 0.25) is 10.0 Å². The van der Waals surface area contributed by atoms with Crippen LogP contribution in [0.25, 0.3) is 0 Å². The van der Waals surface area contributed by atoms with Crippen molar-refractivity contribution in [2.45, 2.75) is 30.7 Å². The third-order valence-corrected chi connectivity index (χ3v) is 5.43. The monoisotopic (exact) mass is 332 g/mol. The van der Waals surface area contributed by atoms with Crippen LogP contribution in [0, 0.1) is 6.92 Å². The Balaban J connectivity index is 1.81. The van der Waals surface area contributed by atoms with Crippen LogP contribution in [0.3, 0.4) is 0 Å². The van der Waals surface area contributed by atoms with E-state index in [2.05, 4.69) is 9.71 Å². The summed E-state index contributed by atoms with van der Waals surface area (Å²) in [5.74, 6) is -1.18. The van der Waals surface area contributed by atoms with E-state index in [0.29, 0.717) is 18.4 Å². The van der Waals surface area contributed by atoms with Crippen LogP contribution in [-0.4, -0.2) is 30.5 Å². The number of benzene rings is 1. The van der Waals surface area contributed by atoms with Crippen molar-refractivity contribution >= 4 is 16.0 Å². The van der Waals surface area contributed by atoms with E-state index in [1.807, 2.05) is 24.3 Å². The molecular formula is C16H16N2O4S. The highest BCUT2D eigenvalue weighted by Crippen LogP contribution is 2.23. The van der Waals surface area contributed by atoms with Crippen LogP contribution in [0.4, 0.5) is 0 Å². The number of aryl methyl sites for hydroxylation is 1. The van der Waals surface area contributed by atoms with Gasteiger partial charge in [-0.15, -0.1) is 0 Å². The summed E-state index contributed by atoms with van der Waals surface area (Å²) >= 11 is 0. The van der Waals surface area contributed by atoms with E-state index in [1.54, 1.807) is 0 Å². The van der Waals surface area contributed by atoms with E-state index in [9.17, 15) is 13.2 Å². The van der Waals surface area contributed by atoms with Crippen molar-refractivity contribution in [3.8, 4) is 0 Å². The number of carboxylic acid groups (broad SMARTS) is 1. The van der Waals surface area contributed by atoms with Crippen molar-refractivity contribution in [2.24, 2.45) is 0 Å². The Hall–Kier alpha value is -2.25. The molecule has 1 aliphatic rings. The largest absolute Gasteiger partial charge is 0.477 e. The molecule has 0 radical (unpaired) electrons. The number of aromatic nitrogens is 1. The van der Waals surface area contributed by atoms with E-state index < -0.39 is 16.0 Å². The molecule has 1 aliphatic carbocycles. The summed E-state index contributed by atoms with van der Waals surface area (Å²) in [6, 6.07) is 9.01. The van der Waals surface area contributed by atoms with Crippen LogP contribution in [0.1, 0.15) is 27.2 Å². The van der Waals surface area contributed by atoms with Gasteiger partial charge in [-0.2, -0.15) is 0 Å². The van der Waals surface area contributed by atoms with Crippen LogP contribution in [0.2, 0.25) is 0 Å². The minimum absolute atomic E-state index is 0.0176. The zero-order valence-electron chi connectivity index (χ0n) is 12.5. The molecule has 0 spiro atoms. The molecule has 0 aliphatic heterocycles. The highest BCUT2D eigenvalue weighted by molar-refractivity contribution is 7.89. The second-order valence-corrected chi connectivity index (χ2v) is 7.35. The number of hydrogen-bond donors (Lipinski definition) is 2. The number of pyridine rings is 1. The Bertz CT molecular complexity index is 852. The third-order valence-electron chi connectivity index (χ3n) is 3.94. The molecule has 0 bridgehead atoms. The van der Waals surface area contributed by atoms with E-state index in [1.165, 1.54) is 13.0 Å². The molecule has 0 unspecified atom stereocenters. The first kappa shape index (κ1) is 15.6. The second-order valence-electron chi connectivity index (χ2n) is 5.64. The quantitative estimate of drug-likeness (QED) is 0.885. The second kappa shape index (κ2) is 5.75. The minimum atomic E-state index is -3.73. The van der Waals surface area contributed by atoms with Gasteiger partial charge in [-0.3, -0.25) is 0 Å². The lowest BCUT2D eigenvalue weighted by atomic mass is 10.1. The van der Waals surface area contributed by atoms with E-state index >= 15 is 0 Å². The highest BCUT2D eigenvalue weighted by Gasteiger charge is 2.27. The summed E-state index contributed by atoms with van der Waals surface area (Å²) < 4.78 is 27.6. The van der Waals surface area contributed by atoms with Crippen molar-refractivity contribution < 1.29 is 18.3 Å². The first-order chi connectivity index (χ1) is 10.9. The maximum absolute atomic E-state index is 12.5. The molecule has 3 rings (SSSR count). The van der Waals surface area contributed by atoms with E-state index in [4.69, 9.17) is 5.11 Å². The lowest BCUT2D eigenvalue weighted by molar-refractivity contribution is 0.0689. The maximum atomic E-state index is 12.5. The molecule has 1 aromatic heterocycles. The summed E-state index contributed by atoms with van der Waals surface area (Å²) in [7, 11) is -3.73. The average molecular weight is 332 g/mol. The summed E-state index contributed by atoms with van der Waals surface area (Å²) in [6.07, 6.45) is 2.38. The van der Waals surface area contributed by atoms with Gasteiger partial charge in [0.15, 0.2) is 5.69 Å². The Labute approximate surface area is 134 Å². The Kier molecular flexibility index (Phi) is 3.91. The molecule has 0 saturated carbocycles. The SMILES string of the molecule is Cc1cc(S(=O)(=O)NC2Cc3ccccc3C2)cnc1C(=O)O. The van der Waals surface area contributed by atoms with Gasteiger partial charge in [-0.05, 0) is 42.5 Å². The summed E-state index contributed by atoms with van der Waals surface area (Å²) in [5, 5.41) is 8.96. The fourth-order valence-electron chi connectivity index (χ4n) is 2.85. The number of hydrogen-bond acceptors (Lipinski definition) is 4. The minimum Gasteiger partial charge on any atom is -0.477 e. The topological polar surface area (TPSA) is 96.4 Å². The van der Waals surface area contributed by atoms with Crippen LogP contribution in [0.5, 0.6) is 0 Å². The van der Waals surface area contributed by atoms with Gasteiger partial charge < -0.3 is 5.11 Å². The van der Waals surface area contributed by atoms with Crippen LogP contribution < -0.4 is 4.72 Å². The Morgan fingerprint density at radius 3 is 2.39 bits per heavy atom. The summed E-state index contributed by atoms with van der Waals surface area (Å²) in [5.41, 5.74) is 2.47. The van der Waals surface area contributed by atoms with Crippen molar-refractivity contribution in [1.29, 1.82) is 0 Å². The normalized spacial score (nSPS) is 14.7.